The highest BCUT2D eigenvalue weighted by atomic mass is 32.1. The number of hydrogen-bond donors (Lipinski definition) is 1. The van der Waals surface area contributed by atoms with Gasteiger partial charge in [0.1, 0.15) is 5.75 Å². The Morgan fingerprint density at radius 1 is 1.12 bits per heavy atom. The number of carbonyl (C=O) groups is 2. The molecule has 24 heavy (non-hydrogen) atoms. The minimum atomic E-state index is -0.255. The topological polar surface area (TPSA) is 68.3 Å². The minimum absolute atomic E-state index is 0.0294. The standard InChI is InChI=1S/C18H16N2O3S/c1-3-23-14-8-9-15-16(10-14)24-18(19-15)20-17(22)13-6-4-12(5-7-13)11(2)21/h4-10H,3H2,1-2H3,(H,19,20,22). The largest absolute Gasteiger partial charge is 0.494 e. The lowest BCUT2D eigenvalue weighted by Crippen LogP contribution is -2.11. The van der Waals surface area contributed by atoms with Crippen LogP contribution in [0.15, 0.2) is 42.5 Å². The van der Waals surface area contributed by atoms with Crippen LogP contribution in [0, 0.1) is 0 Å². The quantitative estimate of drug-likeness (QED) is 0.709. The van der Waals surface area contributed by atoms with E-state index < -0.39 is 0 Å². The number of hydrogen-bond acceptors (Lipinski definition) is 5. The first-order chi connectivity index (χ1) is 11.6. The molecule has 1 aromatic heterocycles. The number of ether oxygens (including phenoxy) is 1. The summed E-state index contributed by atoms with van der Waals surface area (Å²) in [6, 6.07) is 12.2. The molecule has 0 aliphatic heterocycles. The van der Waals surface area contributed by atoms with Crippen LogP contribution in [0.3, 0.4) is 0 Å². The number of fused-ring (bicyclic) bond motifs is 1. The van der Waals surface area contributed by atoms with Gasteiger partial charge in [0.15, 0.2) is 10.9 Å². The number of aromatic nitrogens is 1. The Morgan fingerprint density at radius 3 is 2.50 bits per heavy atom. The first-order valence-electron chi connectivity index (χ1n) is 7.52. The monoisotopic (exact) mass is 340 g/mol. The van der Waals surface area contributed by atoms with Gasteiger partial charge in [-0.3, -0.25) is 14.9 Å². The van der Waals surface area contributed by atoms with Gasteiger partial charge >= 0.3 is 0 Å². The fourth-order valence-electron chi connectivity index (χ4n) is 2.24. The Balaban J connectivity index is 1.78. The molecule has 0 bridgehead atoms. The summed E-state index contributed by atoms with van der Waals surface area (Å²) in [6.45, 7) is 4.02. The van der Waals surface area contributed by atoms with Gasteiger partial charge in [0.25, 0.3) is 5.91 Å². The summed E-state index contributed by atoms with van der Waals surface area (Å²) in [4.78, 5) is 28.0. The molecule has 1 heterocycles. The highest BCUT2D eigenvalue weighted by Gasteiger charge is 2.11. The molecule has 0 atom stereocenters. The molecule has 0 unspecified atom stereocenters. The van der Waals surface area contributed by atoms with E-state index in [9.17, 15) is 9.59 Å². The molecule has 3 rings (SSSR count). The second-order valence-electron chi connectivity index (χ2n) is 5.17. The van der Waals surface area contributed by atoms with Crippen LogP contribution in [0.1, 0.15) is 34.6 Å². The summed E-state index contributed by atoms with van der Waals surface area (Å²) < 4.78 is 6.42. The van der Waals surface area contributed by atoms with Crippen molar-refractivity contribution in [1.29, 1.82) is 0 Å². The van der Waals surface area contributed by atoms with Crippen LogP contribution >= 0.6 is 11.3 Å². The molecule has 0 saturated heterocycles. The maximum Gasteiger partial charge on any atom is 0.257 e. The van der Waals surface area contributed by atoms with E-state index in [1.165, 1.54) is 18.3 Å². The predicted molar refractivity (Wildman–Crippen MR) is 95.2 cm³/mol. The zero-order valence-corrected chi connectivity index (χ0v) is 14.1. The number of amides is 1. The van der Waals surface area contributed by atoms with Gasteiger partial charge in [-0.25, -0.2) is 4.98 Å². The summed E-state index contributed by atoms with van der Waals surface area (Å²) in [6.07, 6.45) is 0. The summed E-state index contributed by atoms with van der Waals surface area (Å²) >= 11 is 1.39. The molecule has 2 aromatic carbocycles. The van der Waals surface area contributed by atoms with Crippen LogP contribution in [-0.2, 0) is 0 Å². The van der Waals surface area contributed by atoms with Crippen LogP contribution < -0.4 is 10.1 Å². The smallest absolute Gasteiger partial charge is 0.257 e. The molecule has 1 N–H and O–H groups in total. The van der Waals surface area contributed by atoms with Gasteiger partial charge in [0, 0.05) is 11.1 Å². The normalized spacial score (nSPS) is 10.6. The van der Waals surface area contributed by atoms with E-state index in [-0.39, 0.29) is 11.7 Å². The lowest BCUT2D eigenvalue weighted by Gasteiger charge is -2.02. The van der Waals surface area contributed by atoms with E-state index in [1.807, 2.05) is 25.1 Å². The first kappa shape index (κ1) is 16.1. The molecule has 0 radical (unpaired) electrons. The number of Topliss-reactive ketones (excluding diaryl/α,β-unsaturated/α-hetero) is 1. The van der Waals surface area contributed by atoms with Gasteiger partial charge in [0.05, 0.1) is 16.8 Å². The Kier molecular flexibility index (Phi) is 4.57. The Morgan fingerprint density at radius 2 is 1.83 bits per heavy atom. The molecule has 0 fully saturated rings. The van der Waals surface area contributed by atoms with Gasteiger partial charge in [-0.1, -0.05) is 23.5 Å². The third-order valence-corrected chi connectivity index (χ3v) is 4.38. The SMILES string of the molecule is CCOc1ccc2nc(NC(=O)c3ccc(C(C)=O)cc3)sc2c1. The molecular formula is C18H16N2O3S. The van der Waals surface area contributed by atoms with Crippen molar-refractivity contribution in [1.82, 2.24) is 4.98 Å². The number of nitrogens with one attached hydrogen (secondary N) is 1. The van der Waals surface area contributed by atoms with Crippen molar-refractivity contribution in [3.8, 4) is 5.75 Å². The minimum Gasteiger partial charge on any atom is -0.494 e. The fourth-order valence-corrected chi connectivity index (χ4v) is 3.13. The summed E-state index contributed by atoms with van der Waals surface area (Å²) in [5.74, 6) is 0.499. The number of thiazole rings is 1. The number of nitrogens with zero attached hydrogens (tertiary/aromatic N) is 1. The average Bonchev–Trinajstić information content (AvgIpc) is 2.96. The van der Waals surface area contributed by atoms with E-state index in [2.05, 4.69) is 10.3 Å². The van der Waals surface area contributed by atoms with Crippen molar-refractivity contribution in [2.45, 2.75) is 13.8 Å². The highest BCUT2D eigenvalue weighted by Crippen LogP contribution is 2.29. The zero-order valence-electron chi connectivity index (χ0n) is 13.3. The van der Waals surface area contributed by atoms with Gasteiger partial charge in [-0.15, -0.1) is 0 Å². The molecule has 0 aliphatic rings. The maximum absolute atomic E-state index is 12.3. The third kappa shape index (κ3) is 3.44. The van der Waals surface area contributed by atoms with Crippen molar-refractivity contribution >= 4 is 38.4 Å². The molecule has 5 nitrogen and oxygen atoms in total. The van der Waals surface area contributed by atoms with Crippen LogP contribution in [0.25, 0.3) is 10.2 Å². The van der Waals surface area contributed by atoms with Gasteiger partial charge in [-0.05, 0) is 44.2 Å². The van der Waals surface area contributed by atoms with Crippen molar-refractivity contribution in [2.75, 3.05) is 11.9 Å². The number of ketones is 1. The Bertz CT molecular complexity index is 900. The summed E-state index contributed by atoms with van der Waals surface area (Å²) in [5.41, 5.74) is 1.87. The Labute approximate surface area is 143 Å². The van der Waals surface area contributed by atoms with E-state index >= 15 is 0 Å². The molecule has 0 saturated carbocycles. The van der Waals surface area contributed by atoms with Crippen LogP contribution in [0.2, 0.25) is 0 Å². The van der Waals surface area contributed by atoms with E-state index in [0.29, 0.717) is 22.9 Å². The molecule has 122 valence electrons. The molecule has 1 amide bonds. The van der Waals surface area contributed by atoms with Crippen LogP contribution in [0.5, 0.6) is 5.75 Å². The van der Waals surface area contributed by atoms with Crippen molar-refractivity contribution in [3.63, 3.8) is 0 Å². The number of anilines is 1. The van der Waals surface area contributed by atoms with Crippen molar-refractivity contribution < 1.29 is 14.3 Å². The molecular weight excluding hydrogens is 324 g/mol. The number of carbonyl (C=O) groups excluding carboxylic acids is 2. The highest BCUT2D eigenvalue weighted by molar-refractivity contribution is 7.22. The lowest BCUT2D eigenvalue weighted by atomic mass is 10.1. The van der Waals surface area contributed by atoms with Crippen LogP contribution in [0.4, 0.5) is 5.13 Å². The third-order valence-electron chi connectivity index (χ3n) is 3.44. The number of benzene rings is 2. The number of rotatable bonds is 5. The van der Waals surface area contributed by atoms with E-state index in [4.69, 9.17) is 4.74 Å². The van der Waals surface area contributed by atoms with Crippen molar-refractivity contribution in [2.24, 2.45) is 0 Å². The van der Waals surface area contributed by atoms with Gasteiger partial charge in [-0.2, -0.15) is 0 Å². The second kappa shape index (κ2) is 6.80. The van der Waals surface area contributed by atoms with E-state index in [0.717, 1.165) is 16.0 Å². The maximum atomic E-state index is 12.3. The van der Waals surface area contributed by atoms with Crippen molar-refractivity contribution in [3.05, 3.63) is 53.6 Å². The second-order valence-corrected chi connectivity index (χ2v) is 6.20. The molecule has 0 spiro atoms. The lowest BCUT2D eigenvalue weighted by molar-refractivity contribution is 0.101. The zero-order chi connectivity index (χ0) is 17.1. The first-order valence-corrected chi connectivity index (χ1v) is 8.34. The fraction of sp³-hybridized carbons (Fsp3) is 0.167. The van der Waals surface area contributed by atoms with Gasteiger partial charge in [0.2, 0.25) is 0 Å². The summed E-state index contributed by atoms with van der Waals surface area (Å²) in [5, 5.41) is 3.32. The Hall–Kier alpha value is -2.73. The summed E-state index contributed by atoms with van der Waals surface area (Å²) in [7, 11) is 0. The molecule has 0 aliphatic carbocycles. The average molecular weight is 340 g/mol. The molecule has 6 heteroatoms. The van der Waals surface area contributed by atoms with Gasteiger partial charge < -0.3 is 4.74 Å². The van der Waals surface area contributed by atoms with E-state index in [1.54, 1.807) is 24.3 Å². The predicted octanol–water partition coefficient (Wildman–Crippen LogP) is 4.15. The van der Waals surface area contributed by atoms with Crippen LogP contribution in [-0.4, -0.2) is 23.3 Å². The molecule has 3 aromatic rings.